The van der Waals surface area contributed by atoms with Gasteiger partial charge in [-0.25, -0.2) is 0 Å². The second kappa shape index (κ2) is 2.73. The third-order valence-corrected chi connectivity index (χ3v) is 2.97. The van der Waals surface area contributed by atoms with Gasteiger partial charge in [0.25, 0.3) is 0 Å². The molecule has 0 aromatic carbocycles. The Balaban J connectivity index is 1.84. The van der Waals surface area contributed by atoms with Gasteiger partial charge < -0.3 is 15.1 Å². The number of aliphatic hydroxyl groups excluding tert-OH is 2. The highest BCUT2D eigenvalue weighted by atomic mass is 16.3. The van der Waals surface area contributed by atoms with Gasteiger partial charge in [0.05, 0.1) is 12.7 Å². The largest absolute Gasteiger partial charge is 0.395 e. The molecule has 2 saturated heterocycles. The van der Waals surface area contributed by atoms with Gasteiger partial charge in [0.15, 0.2) is 0 Å². The van der Waals surface area contributed by atoms with E-state index in [0.717, 1.165) is 19.6 Å². The number of nitrogens with zero attached hydrogens (tertiary/aromatic N) is 1. The summed E-state index contributed by atoms with van der Waals surface area (Å²) in [4.78, 5) is 2.24. The molecule has 0 spiro atoms. The smallest absolute Gasteiger partial charge is 0.0621 e. The van der Waals surface area contributed by atoms with Crippen LogP contribution < -0.4 is 0 Å². The fourth-order valence-electron chi connectivity index (χ4n) is 2.28. The van der Waals surface area contributed by atoms with Crippen LogP contribution in [-0.2, 0) is 0 Å². The molecule has 2 N–H and O–H groups in total. The van der Waals surface area contributed by atoms with E-state index < -0.39 is 0 Å². The average molecular weight is 157 g/mol. The number of piperidine rings is 2. The van der Waals surface area contributed by atoms with E-state index in [1.54, 1.807) is 0 Å². The van der Waals surface area contributed by atoms with Crippen LogP contribution >= 0.6 is 0 Å². The summed E-state index contributed by atoms with van der Waals surface area (Å²) < 4.78 is 0. The SMILES string of the molecule is OCCN1C[C@H]2C[C@@H](C1)C2O. The van der Waals surface area contributed by atoms with E-state index in [1.165, 1.54) is 6.42 Å². The fraction of sp³-hybridized carbons (Fsp3) is 1.00. The van der Waals surface area contributed by atoms with Crippen LogP contribution in [0.25, 0.3) is 0 Å². The standard InChI is InChI=1S/C8H15NO2/c10-2-1-9-4-6-3-7(5-9)8(6)11/h6-8,10-11H,1-5H2/t6-,7+,8?. The van der Waals surface area contributed by atoms with Gasteiger partial charge in [0.1, 0.15) is 0 Å². The quantitative estimate of drug-likeness (QED) is 0.556. The van der Waals surface area contributed by atoms with Crippen LogP contribution in [0.2, 0.25) is 0 Å². The second-order valence-electron chi connectivity index (χ2n) is 3.73. The van der Waals surface area contributed by atoms with Crippen LogP contribution in [0.4, 0.5) is 0 Å². The van der Waals surface area contributed by atoms with Crippen LogP contribution in [0, 0.1) is 11.8 Å². The Morgan fingerprint density at radius 1 is 1.27 bits per heavy atom. The van der Waals surface area contributed by atoms with E-state index in [-0.39, 0.29) is 12.7 Å². The van der Waals surface area contributed by atoms with Crippen LogP contribution in [0.15, 0.2) is 0 Å². The zero-order chi connectivity index (χ0) is 7.84. The van der Waals surface area contributed by atoms with Crippen LogP contribution in [-0.4, -0.2) is 47.5 Å². The van der Waals surface area contributed by atoms with Crippen molar-refractivity contribution in [3.63, 3.8) is 0 Å². The summed E-state index contributed by atoms with van der Waals surface area (Å²) in [6.45, 7) is 2.99. The lowest BCUT2D eigenvalue weighted by atomic mass is 9.68. The molecule has 3 fully saturated rings. The maximum Gasteiger partial charge on any atom is 0.0621 e. The Morgan fingerprint density at radius 3 is 2.36 bits per heavy atom. The van der Waals surface area contributed by atoms with Gasteiger partial charge in [-0.3, -0.25) is 0 Å². The van der Waals surface area contributed by atoms with E-state index in [0.29, 0.717) is 11.8 Å². The van der Waals surface area contributed by atoms with Gasteiger partial charge in [-0.05, 0) is 18.3 Å². The zero-order valence-corrected chi connectivity index (χ0v) is 6.61. The molecule has 1 saturated carbocycles. The summed E-state index contributed by atoms with van der Waals surface area (Å²) in [7, 11) is 0. The maximum atomic E-state index is 9.42. The monoisotopic (exact) mass is 157 g/mol. The van der Waals surface area contributed by atoms with Gasteiger partial charge in [-0.15, -0.1) is 0 Å². The lowest BCUT2D eigenvalue weighted by Crippen LogP contribution is -2.58. The van der Waals surface area contributed by atoms with E-state index in [4.69, 9.17) is 5.11 Å². The minimum absolute atomic E-state index is 0.0371. The molecule has 1 unspecified atom stereocenters. The van der Waals surface area contributed by atoms with Crippen molar-refractivity contribution in [2.75, 3.05) is 26.2 Å². The summed E-state index contributed by atoms with van der Waals surface area (Å²) in [5, 5.41) is 18.1. The first-order valence-electron chi connectivity index (χ1n) is 4.32. The van der Waals surface area contributed by atoms with Gasteiger partial charge >= 0.3 is 0 Å². The number of aliphatic hydroxyl groups is 2. The molecule has 3 aliphatic rings. The fourth-order valence-corrected chi connectivity index (χ4v) is 2.28. The van der Waals surface area contributed by atoms with Crippen molar-refractivity contribution >= 4 is 0 Å². The molecule has 3 nitrogen and oxygen atoms in total. The molecule has 64 valence electrons. The molecule has 3 atom stereocenters. The Bertz CT molecular complexity index is 139. The second-order valence-corrected chi connectivity index (χ2v) is 3.73. The number of fused-ring (bicyclic) bond motifs is 2. The molecule has 2 heterocycles. The molecule has 2 bridgehead atoms. The summed E-state index contributed by atoms with van der Waals surface area (Å²) in [5.74, 6) is 1.00. The first kappa shape index (κ1) is 7.53. The van der Waals surface area contributed by atoms with Gasteiger partial charge in [-0.1, -0.05) is 0 Å². The molecule has 1 aliphatic carbocycles. The summed E-state index contributed by atoms with van der Waals surface area (Å²) >= 11 is 0. The number of rotatable bonds is 2. The van der Waals surface area contributed by atoms with E-state index in [1.807, 2.05) is 0 Å². The molecule has 0 amide bonds. The van der Waals surface area contributed by atoms with Crippen molar-refractivity contribution < 1.29 is 10.2 Å². The molecular formula is C8H15NO2. The van der Waals surface area contributed by atoms with Crippen LogP contribution in [0.5, 0.6) is 0 Å². The normalized spacial score (nSPS) is 43.6. The van der Waals surface area contributed by atoms with Crippen LogP contribution in [0.1, 0.15) is 6.42 Å². The minimum atomic E-state index is -0.0371. The third-order valence-electron chi connectivity index (χ3n) is 2.97. The van der Waals surface area contributed by atoms with Crippen molar-refractivity contribution in [2.24, 2.45) is 11.8 Å². The molecule has 2 aliphatic heterocycles. The predicted molar refractivity (Wildman–Crippen MR) is 41.1 cm³/mol. The van der Waals surface area contributed by atoms with E-state index >= 15 is 0 Å². The van der Waals surface area contributed by atoms with Gasteiger partial charge in [0, 0.05) is 19.6 Å². The predicted octanol–water partition coefficient (Wildman–Crippen LogP) is -0.709. The topological polar surface area (TPSA) is 43.7 Å². The Labute approximate surface area is 66.6 Å². The molecule has 0 aromatic heterocycles. The first-order valence-corrected chi connectivity index (χ1v) is 4.32. The average Bonchev–Trinajstić information content (AvgIpc) is 2.05. The summed E-state index contributed by atoms with van der Waals surface area (Å²) in [6, 6.07) is 0. The van der Waals surface area contributed by atoms with E-state index in [2.05, 4.69) is 4.90 Å². The minimum Gasteiger partial charge on any atom is -0.395 e. The Hall–Kier alpha value is -0.120. The third kappa shape index (κ3) is 1.17. The lowest BCUT2D eigenvalue weighted by Gasteiger charge is -2.51. The summed E-state index contributed by atoms with van der Waals surface area (Å²) in [5.41, 5.74) is 0. The molecule has 0 radical (unpaired) electrons. The highest BCUT2D eigenvalue weighted by molar-refractivity contribution is 4.96. The summed E-state index contributed by atoms with van der Waals surface area (Å²) in [6.07, 6.45) is 1.16. The molecular weight excluding hydrogens is 142 g/mol. The Morgan fingerprint density at radius 2 is 1.91 bits per heavy atom. The van der Waals surface area contributed by atoms with Gasteiger partial charge in [-0.2, -0.15) is 0 Å². The highest BCUT2D eigenvalue weighted by Crippen LogP contribution is 2.39. The Kier molecular flexibility index (Phi) is 1.87. The molecule has 11 heavy (non-hydrogen) atoms. The van der Waals surface area contributed by atoms with Crippen molar-refractivity contribution in [1.29, 1.82) is 0 Å². The highest BCUT2D eigenvalue weighted by Gasteiger charge is 2.45. The zero-order valence-electron chi connectivity index (χ0n) is 6.61. The number of hydrogen-bond donors (Lipinski definition) is 2. The molecule has 3 rings (SSSR count). The van der Waals surface area contributed by atoms with Crippen molar-refractivity contribution in [1.82, 2.24) is 4.90 Å². The lowest BCUT2D eigenvalue weighted by molar-refractivity contribution is -0.109. The van der Waals surface area contributed by atoms with Gasteiger partial charge in [0.2, 0.25) is 0 Å². The maximum absolute atomic E-state index is 9.42. The van der Waals surface area contributed by atoms with Crippen molar-refractivity contribution in [2.45, 2.75) is 12.5 Å². The van der Waals surface area contributed by atoms with Crippen LogP contribution in [0.3, 0.4) is 0 Å². The van der Waals surface area contributed by atoms with Crippen molar-refractivity contribution in [3.05, 3.63) is 0 Å². The number of hydrogen-bond acceptors (Lipinski definition) is 3. The van der Waals surface area contributed by atoms with E-state index in [9.17, 15) is 5.11 Å². The molecule has 0 aromatic rings. The van der Waals surface area contributed by atoms with Crippen molar-refractivity contribution in [3.8, 4) is 0 Å². The molecule has 3 heteroatoms. The first-order chi connectivity index (χ1) is 5.31.